The first-order valence-corrected chi connectivity index (χ1v) is 8.00. The second-order valence-corrected chi connectivity index (χ2v) is 5.84. The van der Waals surface area contributed by atoms with Crippen LogP contribution >= 0.6 is 0 Å². The molecule has 1 heterocycles. The van der Waals surface area contributed by atoms with Gasteiger partial charge in [-0.3, -0.25) is 4.79 Å². The third-order valence-corrected chi connectivity index (χ3v) is 3.96. The van der Waals surface area contributed by atoms with E-state index in [-0.39, 0.29) is 17.7 Å². The number of carbonyl (C=O) groups excluding carboxylic acids is 1. The lowest BCUT2D eigenvalue weighted by molar-refractivity contribution is 0.102. The average Bonchev–Trinajstić information content (AvgIpc) is 3.11. The van der Waals surface area contributed by atoms with E-state index < -0.39 is 0 Å². The first-order chi connectivity index (χ1) is 12.1. The number of benzene rings is 2. The number of nitrogens with zero attached hydrogens (tertiary/aromatic N) is 3. The van der Waals surface area contributed by atoms with Crippen LogP contribution in [0.1, 0.15) is 34.6 Å². The maximum atomic E-state index is 12.4. The summed E-state index contributed by atoms with van der Waals surface area (Å²) < 4.78 is 6.89. The van der Waals surface area contributed by atoms with Crippen LogP contribution in [0.15, 0.2) is 54.7 Å². The minimum Gasteiger partial charge on any atom is -0.377 e. The highest BCUT2D eigenvalue weighted by Crippen LogP contribution is 2.20. The quantitative estimate of drug-likeness (QED) is 0.774. The third-order valence-electron chi connectivity index (χ3n) is 3.96. The normalized spacial score (nSPS) is 12.0. The molecule has 1 unspecified atom stereocenters. The molecule has 1 amide bonds. The highest BCUT2D eigenvalue weighted by Gasteiger charge is 2.13. The summed E-state index contributed by atoms with van der Waals surface area (Å²) in [5.74, 6) is -0.305. The third kappa shape index (κ3) is 3.92. The molecule has 128 valence electrons. The lowest BCUT2D eigenvalue weighted by atomic mass is 10.1. The molecule has 25 heavy (non-hydrogen) atoms. The van der Waals surface area contributed by atoms with Crippen molar-refractivity contribution < 1.29 is 9.53 Å². The molecule has 6 heteroatoms. The van der Waals surface area contributed by atoms with E-state index in [0.717, 1.165) is 16.8 Å². The van der Waals surface area contributed by atoms with E-state index in [2.05, 4.69) is 15.6 Å². The molecule has 0 fully saturated rings. The van der Waals surface area contributed by atoms with Gasteiger partial charge in [-0.25, -0.2) is 4.68 Å². The minimum absolute atomic E-state index is 0.0425. The van der Waals surface area contributed by atoms with Crippen molar-refractivity contribution in [2.24, 2.45) is 0 Å². The van der Waals surface area contributed by atoms with Gasteiger partial charge in [0.2, 0.25) is 0 Å². The van der Waals surface area contributed by atoms with E-state index in [1.807, 2.05) is 62.4 Å². The van der Waals surface area contributed by atoms with Crippen molar-refractivity contribution in [3.8, 4) is 5.69 Å². The predicted octanol–water partition coefficient (Wildman–Crippen LogP) is 3.54. The van der Waals surface area contributed by atoms with Gasteiger partial charge in [0.1, 0.15) is 0 Å². The van der Waals surface area contributed by atoms with E-state index in [1.165, 1.54) is 0 Å². The number of rotatable bonds is 5. The summed E-state index contributed by atoms with van der Waals surface area (Å²) in [6.45, 7) is 3.95. The Morgan fingerprint density at radius 2 is 2.00 bits per heavy atom. The Hall–Kier alpha value is -2.99. The summed E-state index contributed by atoms with van der Waals surface area (Å²) in [4.78, 5) is 12.4. The van der Waals surface area contributed by atoms with Gasteiger partial charge in [-0.05, 0) is 49.2 Å². The average molecular weight is 336 g/mol. The van der Waals surface area contributed by atoms with Crippen molar-refractivity contribution in [2.75, 3.05) is 12.4 Å². The van der Waals surface area contributed by atoms with Crippen molar-refractivity contribution in [1.29, 1.82) is 0 Å². The Morgan fingerprint density at radius 3 is 2.76 bits per heavy atom. The van der Waals surface area contributed by atoms with E-state index in [0.29, 0.717) is 5.69 Å². The maximum absolute atomic E-state index is 12.4. The van der Waals surface area contributed by atoms with Crippen LogP contribution in [0.25, 0.3) is 5.69 Å². The van der Waals surface area contributed by atoms with Crippen LogP contribution in [0.5, 0.6) is 0 Å². The molecular formula is C19H20N4O2. The van der Waals surface area contributed by atoms with Gasteiger partial charge in [0.05, 0.1) is 18.0 Å². The molecule has 0 saturated carbocycles. The number of anilines is 1. The van der Waals surface area contributed by atoms with Gasteiger partial charge in [-0.1, -0.05) is 29.5 Å². The van der Waals surface area contributed by atoms with E-state index >= 15 is 0 Å². The summed E-state index contributed by atoms with van der Waals surface area (Å²) >= 11 is 0. The molecule has 6 nitrogen and oxygen atoms in total. The van der Waals surface area contributed by atoms with Crippen LogP contribution in [0.4, 0.5) is 5.69 Å². The Kier molecular flexibility index (Phi) is 4.90. The lowest BCUT2D eigenvalue weighted by Gasteiger charge is -2.11. The zero-order chi connectivity index (χ0) is 17.8. The van der Waals surface area contributed by atoms with Crippen LogP contribution in [0.2, 0.25) is 0 Å². The monoisotopic (exact) mass is 336 g/mol. The van der Waals surface area contributed by atoms with Crippen molar-refractivity contribution in [2.45, 2.75) is 20.0 Å². The van der Waals surface area contributed by atoms with Crippen molar-refractivity contribution >= 4 is 11.6 Å². The number of ether oxygens (including phenoxy) is 1. The number of amides is 1. The number of aromatic nitrogens is 3. The number of hydrogen-bond acceptors (Lipinski definition) is 4. The zero-order valence-electron chi connectivity index (χ0n) is 14.4. The fourth-order valence-electron chi connectivity index (χ4n) is 2.47. The smallest absolute Gasteiger partial charge is 0.277 e. The van der Waals surface area contributed by atoms with Crippen molar-refractivity contribution in [1.82, 2.24) is 15.0 Å². The number of methoxy groups -OCH3 is 1. The predicted molar refractivity (Wildman–Crippen MR) is 95.9 cm³/mol. The lowest BCUT2D eigenvalue weighted by Crippen LogP contribution is -2.12. The molecule has 3 rings (SSSR count). The fraction of sp³-hybridized carbons (Fsp3) is 0.211. The summed E-state index contributed by atoms with van der Waals surface area (Å²) in [5, 5.41) is 10.8. The molecular weight excluding hydrogens is 316 g/mol. The van der Waals surface area contributed by atoms with Crippen LogP contribution in [0.3, 0.4) is 0 Å². The zero-order valence-corrected chi connectivity index (χ0v) is 14.4. The molecule has 0 spiro atoms. The molecule has 2 aromatic carbocycles. The second-order valence-electron chi connectivity index (χ2n) is 5.84. The topological polar surface area (TPSA) is 69.0 Å². The Balaban J connectivity index is 1.76. The first kappa shape index (κ1) is 16.9. The number of nitrogens with one attached hydrogen (secondary N) is 1. The summed E-state index contributed by atoms with van der Waals surface area (Å²) in [7, 11) is 1.65. The van der Waals surface area contributed by atoms with Gasteiger partial charge in [0, 0.05) is 12.8 Å². The van der Waals surface area contributed by atoms with E-state index in [9.17, 15) is 4.79 Å². The van der Waals surface area contributed by atoms with Gasteiger partial charge >= 0.3 is 0 Å². The van der Waals surface area contributed by atoms with Gasteiger partial charge in [-0.15, -0.1) is 5.10 Å². The van der Waals surface area contributed by atoms with Crippen molar-refractivity contribution in [3.05, 3.63) is 71.5 Å². The molecule has 0 aliphatic rings. The number of carbonyl (C=O) groups is 1. The van der Waals surface area contributed by atoms with Crippen LogP contribution in [-0.2, 0) is 4.74 Å². The van der Waals surface area contributed by atoms with E-state index in [1.54, 1.807) is 18.0 Å². The van der Waals surface area contributed by atoms with Crippen molar-refractivity contribution in [3.63, 3.8) is 0 Å². The molecule has 0 radical (unpaired) electrons. The van der Waals surface area contributed by atoms with Crippen LogP contribution in [-0.4, -0.2) is 28.0 Å². The molecule has 1 atom stereocenters. The molecule has 0 aliphatic carbocycles. The first-order valence-electron chi connectivity index (χ1n) is 8.00. The fourth-order valence-corrected chi connectivity index (χ4v) is 2.47. The highest BCUT2D eigenvalue weighted by atomic mass is 16.5. The highest BCUT2D eigenvalue weighted by molar-refractivity contribution is 6.02. The second kappa shape index (κ2) is 7.27. The summed E-state index contributed by atoms with van der Waals surface area (Å²) in [6.07, 6.45) is 1.57. The van der Waals surface area contributed by atoms with Crippen LogP contribution in [0, 0.1) is 6.92 Å². The maximum Gasteiger partial charge on any atom is 0.277 e. The molecule has 0 saturated heterocycles. The Bertz CT molecular complexity index is 888. The molecule has 0 bridgehead atoms. The van der Waals surface area contributed by atoms with Gasteiger partial charge in [-0.2, -0.15) is 0 Å². The minimum atomic E-state index is -0.305. The molecule has 1 N–H and O–H groups in total. The molecule has 0 aliphatic heterocycles. The Morgan fingerprint density at radius 1 is 1.20 bits per heavy atom. The number of hydrogen-bond donors (Lipinski definition) is 1. The largest absolute Gasteiger partial charge is 0.377 e. The molecule has 1 aromatic heterocycles. The standard InChI is InChI=1S/C19H20N4O2/c1-13-6-4-9-17(10-13)23-12-18(21-22-23)19(24)20-16-8-5-7-15(11-16)14(2)25-3/h4-12,14H,1-3H3,(H,20,24). The Labute approximate surface area is 146 Å². The van der Waals surface area contributed by atoms with Gasteiger partial charge < -0.3 is 10.1 Å². The van der Waals surface area contributed by atoms with Gasteiger partial charge in [0.15, 0.2) is 5.69 Å². The summed E-state index contributed by atoms with van der Waals surface area (Å²) in [5.41, 5.74) is 3.91. The van der Waals surface area contributed by atoms with Crippen LogP contribution < -0.4 is 5.32 Å². The SMILES string of the molecule is COC(C)c1cccc(NC(=O)c2cn(-c3cccc(C)c3)nn2)c1. The van der Waals surface area contributed by atoms with E-state index in [4.69, 9.17) is 4.74 Å². The molecule has 3 aromatic rings. The summed E-state index contributed by atoms with van der Waals surface area (Å²) in [6, 6.07) is 15.4. The number of aryl methyl sites for hydroxylation is 1. The van der Waals surface area contributed by atoms with Gasteiger partial charge in [0.25, 0.3) is 5.91 Å².